The third-order valence-corrected chi connectivity index (χ3v) is 3.23. The summed E-state index contributed by atoms with van der Waals surface area (Å²) in [7, 11) is 0. The van der Waals surface area contributed by atoms with Crippen LogP contribution in [0.3, 0.4) is 0 Å². The Labute approximate surface area is 117 Å². The minimum absolute atomic E-state index is 0.315. The smallest absolute Gasteiger partial charge is 0.159 e. The molecule has 0 saturated heterocycles. The monoisotopic (exact) mass is 329 g/mol. The van der Waals surface area contributed by atoms with E-state index in [0.717, 1.165) is 17.7 Å². The van der Waals surface area contributed by atoms with Gasteiger partial charge >= 0.3 is 0 Å². The molecule has 0 bridgehead atoms. The first-order valence-corrected chi connectivity index (χ1v) is 6.44. The molecule has 19 heavy (non-hydrogen) atoms. The van der Waals surface area contributed by atoms with E-state index in [1.807, 2.05) is 0 Å². The van der Waals surface area contributed by atoms with E-state index in [0.29, 0.717) is 23.1 Å². The van der Waals surface area contributed by atoms with E-state index >= 15 is 0 Å². The quantitative estimate of drug-likeness (QED) is 0.888. The summed E-state index contributed by atoms with van der Waals surface area (Å²) in [5, 5.41) is 3.08. The fourth-order valence-electron chi connectivity index (χ4n) is 1.65. The van der Waals surface area contributed by atoms with Crippen LogP contribution in [-0.2, 0) is 13.1 Å². The zero-order valence-corrected chi connectivity index (χ0v) is 11.5. The molecule has 2 rings (SSSR count). The molecule has 1 N–H and O–H groups in total. The highest BCUT2D eigenvalue weighted by Crippen LogP contribution is 2.16. The lowest BCUT2D eigenvalue weighted by Crippen LogP contribution is -2.13. The minimum atomic E-state index is -0.858. The van der Waals surface area contributed by atoms with Crippen molar-refractivity contribution < 1.29 is 13.2 Å². The SMILES string of the molecule is Fc1ccc(CNCc2ccc(F)c(Br)c2)cc1F. The van der Waals surface area contributed by atoms with Crippen LogP contribution in [0.2, 0.25) is 0 Å². The zero-order valence-electron chi connectivity index (χ0n) is 9.89. The van der Waals surface area contributed by atoms with Gasteiger partial charge in [0.2, 0.25) is 0 Å². The maximum atomic E-state index is 13.0. The van der Waals surface area contributed by atoms with Crippen molar-refractivity contribution in [3.63, 3.8) is 0 Å². The van der Waals surface area contributed by atoms with Gasteiger partial charge in [0, 0.05) is 13.1 Å². The van der Waals surface area contributed by atoms with Crippen molar-refractivity contribution in [3.8, 4) is 0 Å². The minimum Gasteiger partial charge on any atom is -0.309 e. The van der Waals surface area contributed by atoms with Gasteiger partial charge in [-0.15, -0.1) is 0 Å². The lowest BCUT2D eigenvalue weighted by Gasteiger charge is -2.06. The fourth-order valence-corrected chi connectivity index (χ4v) is 2.08. The summed E-state index contributed by atoms with van der Waals surface area (Å²) in [6.45, 7) is 0.921. The number of hydrogen-bond acceptors (Lipinski definition) is 1. The summed E-state index contributed by atoms with van der Waals surface area (Å²) in [4.78, 5) is 0. The van der Waals surface area contributed by atoms with Crippen LogP contribution in [0.5, 0.6) is 0 Å². The molecule has 0 aromatic heterocycles. The van der Waals surface area contributed by atoms with Crippen LogP contribution in [0.4, 0.5) is 13.2 Å². The summed E-state index contributed by atoms with van der Waals surface area (Å²) < 4.78 is 39.1. The van der Waals surface area contributed by atoms with Gasteiger partial charge in [-0.2, -0.15) is 0 Å². The first kappa shape index (κ1) is 14.1. The van der Waals surface area contributed by atoms with E-state index in [1.54, 1.807) is 12.1 Å². The van der Waals surface area contributed by atoms with Gasteiger partial charge in [-0.1, -0.05) is 12.1 Å². The first-order chi connectivity index (χ1) is 9.06. The number of benzene rings is 2. The summed E-state index contributed by atoms with van der Waals surface area (Å²) in [6, 6.07) is 8.49. The van der Waals surface area contributed by atoms with Gasteiger partial charge in [0.1, 0.15) is 5.82 Å². The Morgan fingerprint density at radius 3 is 1.95 bits per heavy atom. The van der Waals surface area contributed by atoms with Crippen molar-refractivity contribution in [2.75, 3.05) is 0 Å². The van der Waals surface area contributed by atoms with Gasteiger partial charge in [-0.05, 0) is 51.3 Å². The number of rotatable bonds is 4. The Morgan fingerprint density at radius 1 is 0.789 bits per heavy atom. The van der Waals surface area contributed by atoms with Gasteiger partial charge in [-0.25, -0.2) is 13.2 Å². The van der Waals surface area contributed by atoms with E-state index in [2.05, 4.69) is 21.2 Å². The second-order valence-corrected chi connectivity index (χ2v) is 4.95. The lowest BCUT2D eigenvalue weighted by atomic mass is 10.2. The van der Waals surface area contributed by atoms with Crippen molar-refractivity contribution in [1.82, 2.24) is 5.32 Å². The third kappa shape index (κ3) is 3.81. The topological polar surface area (TPSA) is 12.0 Å². The molecule has 2 aromatic rings. The normalized spacial score (nSPS) is 10.7. The molecule has 5 heteroatoms. The van der Waals surface area contributed by atoms with Crippen molar-refractivity contribution in [2.24, 2.45) is 0 Å². The Balaban J connectivity index is 1.92. The molecule has 0 aliphatic carbocycles. The Bertz CT molecular complexity index is 535. The second-order valence-electron chi connectivity index (χ2n) is 4.10. The molecule has 0 aliphatic rings. The van der Waals surface area contributed by atoms with Crippen molar-refractivity contribution in [1.29, 1.82) is 0 Å². The molecular weight excluding hydrogens is 319 g/mol. The maximum absolute atomic E-state index is 13.0. The molecule has 0 amide bonds. The van der Waals surface area contributed by atoms with Crippen LogP contribution in [0, 0.1) is 17.5 Å². The number of hydrogen-bond donors (Lipinski definition) is 1. The highest BCUT2D eigenvalue weighted by Gasteiger charge is 2.03. The van der Waals surface area contributed by atoms with Crippen LogP contribution in [0.25, 0.3) is 0 Å². The van der Waals surface area contributed by atoms with Gasteiger partial charge in [0.15, 0.2) is 11.6 Å². The van der Waals surface area contributed by atoms with Crippen LogP contribution in [0.15, 0.2) is 40.9 Å². The predicted octanol–water partition coefficient (Wildman–Crippen LogP) is 4.16. The van der Waals surface area contributed by atoms with Crippen LogP contribution >= 0.6 is 15.9 Å². The van der Waals surface area contributed by atoms with Gasteiger partial charge in [-0.3, -0.25) is 0 Å². The molecule has 0 unspecified atom stereocenters. The lowest BCUT2D eigenvalue weighted by molar-refractivity contribution is 0.506. The van der Waals surface area contributed by atoms with Gasteiger partial charge in [0.05, 0.1) is 4.47 Å². The van der Waals surface area contributed by atoms with E-state index in [9.17, 15) is 13.2 Å². The van der Waals surface area contributed by atoms with E-state index in [1.165, 1.54) is 12.1 Å². The second kappa shape index (κ2) is 6.21. The summed E-state index contributed by atoms with van der Waals surface area (Å²) in [5.41, 5.74) is 1.55. The molecule has 0 atom stereocenters. The van der Waals surface area contributed by atoms with Crippen molar-refractivity contribution in [2.45, 2.75) is 13.1 Å². The Kier molecular flexibility index (Phi) is 4.61. The molecule has 0 saturated carbocycles. The van der Waals surface area contributed by atoms with E-state index in [-0.39, 0.29) is 5.82 Å². The standard InChI is InChI=1S/C14H11BrF3N/c15-11-5-9(1-3-12(11)16)7-19-8-10-2-4-13(17)14(18)6-10/h1-6,19H,7-8H2. The summed E-state index contributed by atoms with van der Waals surface area (Å²) in [5.74, 6) is -2.03. The molecular formula is C14H11BrF3N. The largest absolute Gasteiger partial charge is 0.309 e. The highest BCUT2D eigenvalue weighted by molar-refractivity contribution is 9.10. The molecule has 0 aliphatic heterocycles. The molecule has 1 nitrogen and oxygen atoms in total. The van der Waals surface area contributed by atoms with Crippen LogP contribution in [0.1, 0.15) is 11.1 Å². The molecule has 0 fully saturated rings. The average Bonchev–Trinajstić information content (AvgIpc) is 2.38. The average molecular weight is 330 g/mol. The van der Waals surface area contributed by atoms with Crippen molar-refractivity contribution in [3.05, 3.63) is 69.4 Å². The Hall–Kier alpha value is -1.33. The maximum Gasteiger partial charge on any atom is 0.159 e. The van der Waals surface area contributed by atoms with Gasteiger partial charge in [0.25, 0.3) is 0 Å². The molecule has 100 valence electrons. The Morgan fingerprint density at radius 2 is 1.37 bits per heavy atom. The van der Waals surface area contributed by atoms with E-state index in [4.69, 9.17) is 0 Å². The first-order valence-electron chi connectivity index (χ1n) is 5.65. The highest BCUT2D eigenvalue weighted by atomic mass is 79.9. The van der Waals surface area contributed by atoms with Crippen molar-refractivity contribution >= 4 is 15.9 Å². The van der Waals surface area contributed by atoms with Crippen LogP contribution in [-0.4, -0.2) is 0 Å². The fraction of sp³-hybridized carbons (Fsp3) is 0.143. The number of halogens is 4. The third-order valence-electron chi connectivity index (χ3n) is 2.63. The predicted molar refractivity (Wildman–Crippen MR) is 71.0 cm³/mol. The van der Waals surface area contributed by atoms with Crippen LogP contribution < -0.4 is 5.32 Å². The molecule has 0 spiro atoms. The summed E-state index contributed by atoms with van der Waals surface area (Å²) in [6.07, 6.45) is 0. The van der Waals surface area contributed by atoms with Gasteiger partial charge < -0.3 is 5.32 Å². The zero-order chi connectivity index (χ0) is 13.8. The number of nitrogens with one attached hydrogen (secondary N) is 1. The molecule has 0 heterocycles. The summed E-state index contributed by atoms with van der Waals surface area (Å²) >= 11 is 3.11. The molecule has 2 aromatic carbocycles. The van der Waals surface area contributed by atoms with E-state index < -0.39 is 11.6 Å². The molecule has 0 radical (unpaired) electrons.